The Balaban J connectivity index is 2.95. The maximum Gasteiger partial charge on any atom is 0.248 e. The van der Waals surface area contributed by atoms with Gasteiger partial charge in [0.15, 0.2) is 0 Å². The number of benzene rings is 1. The molecule has 1 aromatic carbocycles. The van der Waals surface area contributed by atoms with Crippen LogP contribution in [0.4, 0.5) is 5.69 Å². The lowest BCUT2D eigenvalue weighted by Gasteiger charge is -2.14. The number of carbonyl (C=O) groups excluding carboxylic acids is 1. The van der Waals surface area contributed by atoms with Gasteiger partial charge in [0.2, 0.25) is 5.91 Å². The van der Waals surface area contributed by atoms with Gasteiger partial charge in [-0.1, -0.05) is 6.92 Å². The molecule has 4 N–H and O–H groups in total. The lowest BCUT2D eigenvalue weighted by Crippen LogP contribution is -2.14. The number of nitrogen functional groups attached to an aromatic ring is 1. The third-order valence-electron chi connectivity index (χ3n) is 2.20. The number of primary amides is 1. The fourth-order valence-corrected chi connectivity index (χ4v) is 1.09. The molecule has 1 rings (SSSR count). The highest BCUT2D eigenvalue weighted by Gasteiger charge is 2.08. The third-order valence-corrected chi connectivity index (χ3v) is 2.20. The van der Waals surface area contributed by atoms with Gasteiger partial charge < -0.3 is 16.2 Å². The molecule has 0 fully saturated rings. The fraction of sp³-hybridized carbons (Fsp3) is 0.364. The summed E-state index contributed by atoms with van der Waals surface area (Å²) in [7, 11) is 0. The molecule has 0 aliphatic heterocycles. The fourth-order valence-electron chi connectivity index (χ4n) is 1.09. The molecule has 0 radical (unpaired) electrons. The second-order valence-electron chi connectivity index (χ2n) is 3.45. The lowest BCUT2D eigenvalue weighted by atomic mass is 10.2. The summed E-state index contributed by atoms with van der Waals surface area (Å²) in [5, 5.41) is 0. The highest BCUT2D eigenvalue weighted by Crippen LogP contribution is 2.24. The van der Waals surface area contributed by atoms with E-state index in [1.54, 1.807) is 18.2 Å². The van der Waals surface area contributed by atoms with Crippen molar-refractivity contribution >= 4 is 11.6 Å². The third kappa shape index (κ3) is 2.87. The molecule has 0 bridgehead atoms. The van der Waals surface area contributed by atoms with Crippen molar-refractivity contribution in [3.63, 3.8) is 0 Å². The number of anilines is 1. The summed E-state index contributed by atoms with van der Waals surface area (Å²) in [6.45, 7) is 3.95. The Bertz CT molecular complexity index is 364. The number of rotatable bonds is 4. The van der Waals surface area contributed by atoms with E-state index in [9.17, 15) is 4.79 Å². The molecule has 0 heterocycles. The normalized spacial score (nSPS) is 12.1. The summed E-state index contributed by atoms with van der Waals surface area (Å²) in [6, 6.07) is 4.78. The molecule has 0 aliphatic carbocycles. The smallest absolute Gasteiger partial charge is 0.248 e. The zero-order chi connectivity index (χ0) is 11.4. The number of nitrogens with two attached hydrogens (primary N) is 2. The van der Waals surface area contributed by atoms with Crippen LogP contribution in [-0.4, -0.2) is 12.0 Å². The van der Waals surface area contributed by atoms with Crippen LogP contribution in [0, 0.1) is 0 Å². The van der Waals surface area contributed by atoms with Crippen molar-refractivity contribution in [2.75, 3.05) is 5.73 Å². The summed E-state index contributed by atoms with van der Waals surface area (Å²) in [5.41, 5.74) is 11.8. The standard InChI is InChI=1S/C11H16N2O2/c1-3-7(2)15-10-6-8(11(13)14)4-5-9(10)12/h4-7H,3,12H2,1-2H3,(H2,13,14). The molecule has 1 unspecified atom stereocenters. The van der Waals surface area contributed by atoms with Crippen LogP contribution in [0.15, 0.2) is 18.2 Å². The summed E-state index contributed by atoms with van der Waals surface area (Å²) >= 11 is 0. The predicted octanol–water partition coefficient (Wildman–Crippen LogP) is 1.54. The van der Waals surface area contributed by atoms with Crippen LogP contribution in [0.3, 0.4) is 0 Å². The van der Waals surface area contributed by atoms with Gasteiger partial charge in [-0.2, -0.15) is 0 Å². The first kappa shape index (κ1) is 11.4. The van der Waals surface area contributed by atoms with Crippen LogP contribution >= 0.6 is 0 Å². The molecule has 1 aromatic rings. The van der Waals surface area contributed by atoms with Crippen LogP contribution in [0.2, 0.25) is 0 Å². The summed E-state index contributed by atoms with van der Waals surface area (Å²) in [5.74, 6) is 0.0321. The van der Waals surface area contributed by atoms with E-state index in [-0.39, 0.29) is 6.10 Å². The second kappa shape index (κ2) is 4.68. The largest absolute Gasteiger partial charge is 0.489 e. The molecule has 0 spiro atoms. The Morgan fingerprint density at radius 3 is 2.73 bits per heavy atom. The Morgan fingerprint density at radius 1 is 1.53 bits per heavy atom. The van der Waals surface area contributed by atoms with Crippen molar-refractivity contribution in [2.24, 2.45) is 5.73 Å². The second-order valence-corrected chi connectivity index (χ2v) is 3.45. The molecule has 1 atom stereocenters. The molecular weight excluding hydrogens is 192 g/mol. The molecule has 0 aromatic heterocycles. The van der Waals surface area contributed by atoms with Gasteiger partial charge in [-0.15, -0.1) is 0 Å². The lowest BCUT2D eigenvalue weighted by molar-refractivity contribution is 0.0999. The van der Waals surface area contributed by atoms with Gasteiger partial charge >= 0.3 is 0 Å². The zero-order valence-electron chi connectivity index (χ0n) is 8.99. The van der Waals surface area contributed by atoms with Gasteiger partial charge in [0.1, 0.15) is 5.75 Å². The molecule has 82 valence electrons. The van der Waals surface area contributed by atoms with E-state index in [4.69, 9.17) is 16.2 Å². The van der Waals surface area contributed by atoms with Gasteiger partial charge in [0.05, 0.1) is 11.8 Å². The maximum atomic E-state index is 10.9. The zero-order valence-corrected chi connectivity index (χ0v) is 8.99. The van der Waals surface area contributed by atoms with E-state index in [1.807, 2.05) is 13.8 Å². The Hall–Kier alpha value is -1.71. The van der Waals surface area contributed by atoms with E-state index in [1.165, 1.54) is 0 Å². The first-order valence-corrected chi connectivity index (χ1v) is 4.90. The maximum absolute atomic E-state index is 10.9. The van der Waals surface area contributed by atoms with Crippen molar-refractivity contribution < 1.29 is 9.53 Å². The van der Waals surface area contributed by atoms with Crippen LogP contribution in [0.5, 0.6) is 5.75 Å². The van der Waals surface area contributed by atoms with Crippen LogP contribution in [0.25, 0.3) is 0 Å². The summed E-state index contributed by atoms with van der Waals surface area (Å²) in [4.78, 5) is 10.9. The highest BCUT2D eigenvalue weighted by molar-refractivity contribution is 5.93. The monoisotopic (exact) mass is 208 g/mol. The van der Waals surface area contributed by atoms with E-state index in [0.717, 1.165) is 6.42 Å². The highest BCUT2D eigenvalue weighted by atomic mass is 16.5. The number of carbonyl (C=O) groups is 1. The van der Waals surface area contributed by atoms with Crippen molar-refractivity contribution in [3.8, 4) is 5.75 Å². The first-order valence-electron chi connectivity index (χ1n) is 4.90. The SMILES string of the molecule is CCC(C)Oc1cc(C(N)=O)ccc1N. The average Bonchev–Trinajstić information content (AvgIpc) is 2.20. The van der Waals surface area contributed by atoms with Crippen LogP contribution in [-0.2, 0) is 0 Å². The summed E-state index contributed by atoms with van der Waals surface area (Å²) < 4.78 is 5.55. The van der Waals surface area contributed by atoms with E-state index < -0.39 is 5.91 Å². The first-order chi connectivity index (χ1) is 7.04. The van der Waals surface area contributed by atoms with Gasteiger partial charge in [-0.05, 0) is 31.5 Å². The number of hydrogen-bond acceptors (Lipinski definition) is 3. The molecule has 4 heteroatoms. The molecular formula is C11H16N2O2. The van der Waals surface area contributed by atoms with Crippen molar-refractivity contribution in [1.29, 1.82) is 0 Å². The predicted molar refractivity (Wildman–Crippen MR) is 59.8 cm³/mol. The molecule has 15 heavy (non-hydrogen) atoms. The van der Waals surface area contributed by atoms with Crippen molar-refractivity contribution in [2.45, 2.75) is 26.4 Å². The Kier molecular flexibility index (Phi) is 3.55. The Morgan fingerprint density at radius 2 is 2.20 bits per heavy atom. The molecule has 4 nitrogen and oxygen atoms in total. The number of amides is 1. The average molecular weight is 208 g/mol. The van der Waals surface area contributed by atoms with Gasteiger partial charge in [0.25, 0.3) is 0 Å². The van der Waals surface area contributed by atoms with Crippen LogP contribution in [0.1, 0.15) is 30.6 Å². The van der Waals surface area contributed by atoms with Crippen molar-refractivity contribution in [3.05, 3.63) is 23.8 Å². The molecule has 0 saturated heterocycles. The number of ether oxygens (including phenoxy) is 1. The molecule has 0 aliphatic rings. The minimum atomic E-state index is -0.482. The van der Waals surface area contributed by atoms with Crippen LogP contribution < -0.4 is 16.2 Å². The van der Waals surface area contributed by atoms with Crippen molar-refractivity contribution in [1.82, 2.24) is 0 Å². The molecule has 1 amide bonds. The molecule has 0 saturated carbocycles. The Labute approximate surface area is 89.2 Å². The number of hydrogen-bond donors (Lipinski definition) is 2. The van der Waals surface area contributed by atoms with Gasteiger partial charge in [0, 0.05) is 5.56 Å². The van der Waals surface area contributed by atoms with Gasteiger partial charge in [-0.25, -0.2) is 0 Å². The summed E-state index contributed by atoms with van der Waals surface area (Å²) in [6.07, 6.45) is 0.940. The van der Waals surface area contributed by atoms with E-state index in [2.05, 4.69) is 0 Å². The van der Waals surface area contributed by atoms with Gasteiger partial charge in [-0.3, -0.25) is 4.79 Å². The topological polar surface area (TPSA) is 78.3 Å². The van der Waals surface area contributed by atoms with E-state index in [0.29, 0.717) is 17.0 Å². The quantitative estimate of drug-likeness (QED) is 0.737. The minimum absolute atomic E-state index is 0.0652. The van der Waals surface area contributed by atoms with E-state index >= 15 is 0 Å². The minimum Gasteiger partial charge on any atom is -0.489 e.